The van der Waals surface area contributed by atoms with E-state index in [9.17, 15) is 9.59 Å². The molecule has 6 heteroatoms. The molecule has 102 valence electrons. The minimum absolute atomic E-state index is 0.117. The SMILES string of the molecule is O=C(O)[C@H]1CC=CC[C@H]1C(=O)N(CCO)CCO. The van der Waals surface area contributed by atoms with Crippen molar-refractivity contribution in [2.45, 2.75) is 12.8 Å². The molecular formula is C12H19NO5. The second-order valence-electron chi connectivity index (χ2n) is 4.27. The Bertz CT molecular complexity index is 322. The van der Waals surface area contributed by atoms with Gasteiger partial charge in [-0.05, 0) is 12.8 Å². The number of aliphatic carboxylic acids is 1. The number of aliphatic hydroxyl groups is 2. The lowest BCUT2D eigenvalue weighted by molar-refractivity contribution is -0.151. The van der Waals surface area contributed by atoms with Gasteiger partial charge in [-0.1, -0.05) is 12.2 Å². The monoisotopic (exact) mass is 257 g/mol. The lowest BCUT2D eigenvalue weighted by atomic mass is 9.82. The lowest BCUT2D eigenvalue weighted by Gasteiger charge is -2.30. The molecule has 2 atom stereocenters. The van der Waals surface area contributed by atoms with E-state index in [4.69, 9.17) is 15.3 Å². The van der Waals surface area contributed by atoms with Gasteiger partial charge in [0.15, 0.2) is 0 Å². The molecule has 18 heavy (non-hydrogen) atoms. The molecule has 0 radical (unpaired) electrons. The number of hydrogen-bond acceptors (Lipinski definition) is 4. The third-order valence-corrected chi connectivity index (χ3v) is 3.12. The Labute approximate surface area is 106 Å². The highest BCUT2D eigenvalue weighted by Gasteiger charge is 2.35. The Morgan fingerprint density at radius 3 is 2.00 bits per heavy atom. The summed E-state index contributed by atoms with van der Waals surface area (Å²) >= 11 is 0. The summed E-state index contributed by atoms with van der Waals surface area (Å²) in [4.78, 5) is 24.6. The van der Waals surface area contributed by atoms with Crippen LogP contribution in [0.25, 0.3) is 0 Å². The highest BCUT2D eigenvalue weighted by atomic mass is 16.4. The smallest absolute Gasteiger partial charge is 0.307 e. The van der Waals surface area contributed by atoms with Crippen LogP contribution < -0.4 is 0 Å². The fraction of sp³-hybridized carbons (Fsp3) is 0.667. The number of rotatable bonds is 6. The number of allylic oxidation sites excluding steroid dienone is 2. The molecule has 0 unspecified atom stereocenters. The Kier molecular flexibility index (Phi) is 5.80. The summed E-state index contributed by atoms with van der Waals surface area (Å²) < 4.78 is 0. The average molecular weight is 257 g/mol. The topological polar surface area (TPSA) is 98.1 Å². The van der Waals surface area contributed by atoms with E-state index >= 15 is 0 Å². The summed E-state index contributed by atoms with van der Waals surface area (Å²) in [6.45, 7) is -0.171. The number of nitrogens with zero attached hydrogens (tertiary/aromatic N) is 1. The van der Waals surface area contributed by atoms with Crippen LogP contribution in [0.4, 0.5) is 0 Å². The highest BCUT2D eigenvalue weighted by molar-refractivity contribution is 5.85. The highest BCUT2D eigenvalue weighted by Crippen LogP contribution is 2.27. The summed E-state index contributed by atoms with van der Waals surface area (Å²) in [6.07, 6.45) is 4.31. The van der Waals surface area contributed by atoms with Crippen molar-refractivity contribution in [1.29, 1.82) is 0 Å². The van der Waals surface area contributed by atoms with Gasteiger partial charge in [-0.3, -0.25) is 9.59 Å². The quantitative estimate of drug-likeness (QED) is 0.555. The molecule has 0 fully saturated rings. The van der Waals surface area contributed by atoms with Gasteiger partial charge in [0.1, 0.15) is 0 Å². The van der Waals surface area contributed by atoms with E-state index in [1.807, 2.05) is 0 Å². The van der Waals surface area contributed by atoms with Crippen molar-refractivity contribution in [2.24, 2.45) is 11.8 Å². The van der Waals surface area contributed by atoms with Crippen molar-refractivity contribution >= 4 is 11.9 Å². The minimum Gasteiger partial charge on any atom is -0.481 e. The van der Waals surface area contributed by atoms with Crippen molar-refractivity contribution in [3.05, 3.63) is 12.2 Å². The van der Waals surface area contributed by atoms with Crippen molar-refractivity contribution < 1.29 is 24.9 Å². The van der Waals surface area contributed by atoms with Gasteiger partial charge in [0.25, 0.3) is 0 Å². The first kappa shape index (κ1) is 14.7. The van der Waals surface area contributed by atoms with Crippen molar-refractivity contribution in [3.8, 4) is 0 Å². The van der Waals surface area contributed by atoms with Crippen LogP contribution in [0, 0.1) is 11.8 Å². The molecule has 0 aliphatic heterocycles. The van der Waals surface area contributed by atoms with Crippen LogP contribution in [-0.4, -0.2) is 58.4 Å². The normalized spacial score (nSPS) is 22.8. The predicted octanol–water partition coefficient (Wildman–Crippen LogP) is -0.533. The summed E-state index contributed by atoms with van der Waals surface area (Å²) in [5.41, 5.74) is 0. The zero-order chi connectivity index (χ0) is 13.5. The Morgan fingerprint density at radius 2 is 1.56 bits per heavy atom. The summed E-state index contributed by atoms with van der Waals surface area (Å²) in [5, 5.41) is 26.9. The van der Waals surface area contributed by atoms with Crippen molar-refractivity contribution in [1.82, 2.24) is 4.90 Å². The predicted molar refractivity (Wildman–Crippen MR) is 63.7 cm³/mol. The second kappa shape index (κ2) is 7.13. The maximum absolute atomic E-state index is 12.2. The Balaban J connectivity index is 2.78. The van der Waals surface area contributed by atoms with Crippen LogP contribution in [0.3, 0.4) is 0 Å². The summed E-state index contributed by atoms with van der Waals surface area (Å²) in [7, 11) is 0. The van der Waals surface area contributed by atoms with E-state index in [0.29, 0.717) is 12.8 Å². The van der Waals surface area contributed by atoms with Gasteiger partial charge in [-0.15, -0.1) is 0 Å². The molecular weight excluding hydrogens is 238 g/mol. The van der Waals surface area contributed by atoms with Crippen LogP contribution in [0.1, 0.15) is 12.8 Å². The standard InChI is InChI=1S/C12H19NO5/c14-7-5-13(6-8-15)11(16)9-3-1-2-4-10(9)12(17)18/h1-2,9-10,14-15H,3-8H2,(H,17,18)/t9-,10+/m1/s1. The van der Waals surface area contributed by atoms with Gasteiger partial charge in [-0.25, -0.2) is 0 Å². The molecule has 0 spiro atoms. The number of hydrogen-bond donors (Lipinski definition) is 3. The number of carbonyl (C=O) groups is 2. The number of amides is 1. The van der Waals surface area contributed by atoms with Gasteiger partial charge < -0.3 is 20.2 Å². The van der Waals surface area contributed by atoms with Gasteiger partial charge in [0, 0.05) is 13.1 Å². The van der Waals surface area contributed by atoms with Crippen LogP contribution in [0.2, 0.25) is 0 Å². The average Bonchev–Trinajstić information content (AvgIpc) is 2.37. The molecule has 1 aliphatic rings. The van der Waals surface area contributed by atoms with Crippen LogP contribution >= 0.6 is 0 Å². The van der Waals surface area contributed by atoms with E-state index in [2.05, 4.69) is 0 Å². The summed E-state index contributed by atoms with van der Waals surface area (Å²) in [5.74, 6) is -2.62. The Morgan fingerprint density at radius 1 is 1.06 bits per heavy atom. The molecule has 1 rings (SSSR count). The van der Waals surface area contributed by atoms with Crippen LogP contribution in [0.5, 0.6) is 0 Å². The maximum atomic E-state index is 12.2. The molecule has 0 heterocycles. The third-order valence-electron chi connectivity index (χ3n) is 3.12. The first-order valence-electron chi connectivity index (χ1n) is 6.00. The number of carboxylic acids is 1. The minimum atomic E-state index is -0.981. The molecule has 0 bridgehead atoms. The molecule has 3 N–H and O–H groups in total. The third kappa shape index (κ3) is 3.54. The maximum Gasteiger partial charge on any atom is 0.307 e. The van der Waals surface area contributed by atoms with Gasteiger partial charge in [0.2, 0.25) is 5.91 Å². The van der Waals surface area contributed by atoms with Gasteiger partial charge >= 0.3 is 5.97 Å². The first-order chi connectivity index (χ1) is 8.61. The summed E-state index contributed by atoms with van der Waals surface area (Å²) in [6, 6.07) is 0. The fourth-order valence-corrected chi connectivity index (χ4v) is 2.17. The molecule has 0 saturated heterocycles. The number of carbonyl (C=O) groups excluding carboxylic acids is 1. The first-order valence-corrected chi connectivity index (χ1v) is 6.00. The van der Waals surface area contributed by atoms with E-state index < -0.39 is 17.8 Å². The zero-order valence-corrected chi connectivity index (χ0v) is 10.2. The fourth-order valence-electron chi connectivity index (χ4n) is 2.17. The van der Waals surface area contributed by atoms with E-state index in [1.54, 1.807) is 12.2 Å². The van der Waals surface area contributed by atoms with E-state index in [0.717, 1.165) is 0 Å². The second-order valence-corrected chi connectivity index (χ2v) is 4.27. The molecule has 0 aromatic carbocycles. The van der Waals surface area contributed by atoms with Crippen LogP contribution in [-0.2, 0) is 9.59 Å². The van der Waals surface area contributed by atoms with Crippen molar-refractivity contribution in [2.75, 3.05) is 26.3 Å². The molecule has 0 saturated carbocycles. The zero-order valence-electron chi connectivity index (χ0n) is 10.2. The Hall–Kier alpha value is -1.40. The molecule has 1 aliphatic carbocycles. The molecule has 0 aromatic rings. The number of aliphatic hydroxyl groups excluding tert-OH is 2. The number of carboxylic acid groups (broad SMARTS) is 1. The molecule has 1 amide bonds. The van der Waals surface area contributed by atoms with Gasteiger partial charge in [-0.2, -0.15) is 0 Å². The van der Waals surface area contributed by atoms with E-state index in [-0.39, 0.29) is 32.2 Å². The van der Waals surface area contributed by atoms with E-state index in [1.165, 1.54) is 4.90 Å². The molecule has 6 nitrogen and oxygen atoms in total. The largest absolute Gasteiger partial charge is 0.481 e. The van der Waals surface area contributed by atoms with Crippen LogP contribution in [0.15, 0.2) is 12.2 Å². The molecule has 0 aromatic heterocycles. The lowest BCUT2D eigenvalue weighted by Crippen LogP contribution is -2.44. The van der Waals surface area contributed by atoms with Gasteiger partial charge in [0.05, 0.1) is 25.0 Å². The van der Waals surface area contributed by atoms with Crippen molar-refractivity contribution in [3.63, 3.8) is 0 Å².